The molecule has 0 heterocycles. The number of alkyl halides is 8. The molecule has 0 unspecified atom stereocenters. The van der Waals surface area contributed by atoms with E-state index >= 15 is 0 Å². The third-order valence-corrected chi connectivity index (χ3v) is 3.57. The Kier molecular flexibility index (Phi) is 1.88. The zero-order valence-corrected chi connectivity index (χ0v) is 8.20. The smallest absolute Gasteiger partial charge is 0.217 e. The van der Waals surface area contributed by atoms with Crippen LogP contribution in [0, 0.1) is 0 Å². The highest BCUT2D eigenvalue weighted by Crippen LogP contribution is 2.72. The maximum absolute atomic E-state index is 12.4. The lowest BCUT2D eigenvalue weighted by Crippen LogP contribution is -2.81. The largest absolute Gasteiger partial charge is 0.346 e. The van der Waals surface area contributed by atoms with Gasteiger partial charge in [0.05, 0.1) is 0 Å². The van der Waals surface area contributed by atoms with Crippen molar-refractivity contribution >= 4 is 31.9 Å². The summed E-state index contributed by atoms with van der Waals surface area (Å²) in [5.74, 6) is -9.60. The molecule has 0 nitrogen and oxygen atoms in total. The molecule has 1 fully saturated rings. The minimum Gasteiger partial charge on any atom is -0.217 e. The predicted octanol–water partition coefficient (Wildman–Crippen LogP) is 3.39. The molecule has 0 aromatic rings. The van der Waals surface area contributed by atoms with Crippen molar-refractivity contribution in [3.63, 3.8) is 0 Å². The molecule has 72 valence electrons. The van der Waals surface area contributed by atoms with Crippen molar-refractivity contribution < 1.29 is 26.3 Å². The average Bonchev–Trinajstić information content (AvgIpc) is 1.84. The summed E-state index contributed by atoms with van der Waals surface area (Å²) in [7, 11) is 0. The van der Waals surface area contributed by atoms with Gasteiger partial charge in [-0.3, -0.25) is 0 Å². The molecule has 0 amide bonds. The van der Waals surface area contributed by atoms with Crippen molar-refractivity contribution in [1.82, 2.24) is 0 Å². The highest BCUT2D eigenvalue weighted by Gasteiger charge is 2.97. The third kappa shape index (κ3) is 0.718. The molecular formula is C4Br2F6. The summed E-state index contributed by atoms with van der Waals surface area (Å²) in [6.07, 6.45) is 0. The Balaban J connectivity index is 3.16. The Morgan fingerprint density at radius 3 is 0.833 bits per heavy atom. The van der Waals surface area contributed by atoms with Gasteiger partial charge < -0.3 is 0 Å². The van der Waals surface area contributed by atoms with Crippen molar-refractivity contribution in [3.8, 4) is 0 Å². The van der Waals surface area contributed by atoms with E-state index in [4.69, 9.17) is 0 Å². The normalized spacial score (nSPS) is 50.0. The van der Waals surface area contributed by atoms with Crippen LogP contribution in [0.3, 0.4) is 0 Å². The molecule has 12 heavy (non-hydrogen) atoms. The summed E-state index contributed by atoms with van der Waals surface area (Å²) in [4.78, 5) is 0. The fourth-order valence-corrected chi connectivity index (χ4v) is 2.35. The monoisotopic (exact) mass is 320 g/mol. The van der Waals surface area contributed by atoms with Crippen LogP contribution in [0.25, 0.3) is 0 Å². The summed E-state index contributed by atoms with van der Waals surface area (Å²) < 4.78 is 65.2. The van der Waals surface area contributed by atoms with Gasteiger partial charge in [-0.25, -0.2) is 8.78 Å². The zero-order valence-electron chi connectivity index (χ0n) is 5.02. The fraction of sp³-hybridized carbons (Fsp3) is 1.00. The summed E-state index contributed by atoms with van der Waals surface area (Å²) >= 11 is 2.89. The number of halogens is 8. The first-order chi connectivity index (χ1) is 5.00. The van der Waals surface area contributed by atoms with Crippen LogP contribution in [-0.2, 0) is 0 Å². The van der Waals surface area contributed by atoms with Crippen LogP contribution in [0.4, 0.5) is 26.3 Å². The van der Waals surface area contributed by atoms with Gasteiger partial charge in [-0.15, -0.1) is 0 Å². The van der Waals surface area contributed by atoms with Crippen LogP contribution >= 0.6 is 31.9 Å². The lowest BCUT2D eigenvalue weighted by Gasteiger charge is -2.52. The van der Waals surface area contributed by atoms with Gasteiger partial charge in [-0.1, -0.05) is 0 Å². The van der Waals surface area contributed by atoms with Gasteiger partial charge in [0.15, 0.2) is 0 Å². The Labute approximate surface area is 79.6 Å². The molecule has 0 N–H and O–H groups in total. The van der Waals surface area contributed by atoms with Crippen molar-refractivity contribution in [2.75, 3.05) is 0 Å². The van der Waals surface area contributed by atoms with Crippen LogP contribution in [0.5, 0.6) is 0 Å². The van der Waals surface area contributed by atoms with Crippen molar-refractivity contribution in [1.29, 1.82) is 0 Å². The molecule has 1 aliphatic carbocycles. The van der Waals surface area contributed by atoms with Gasteiger partial charge in [0, 0.05) is 0 Å². The van der Waals surface area contributed by atoms with E-state index in [1.54, 1.807) is 0 Å². The minimum absolute atomic E-state index is 1.45. The van der Waals surface area contributed by atoms with Gasteiger partial charge in [0.25, 0.3) is 9.16 Å². The van der Waals surface area contributed by atoms with Crippen LogP contribution in [0.1, 0.15) is 0 Å². The van der Waals surface area contributed by atoms with Crippen molar-refractivity contribution in [2.24, 2.45) is 0 Å². The first-order valence-corrected chi connectivity index (χ1v) is 4.10. The topological polar surface area (TPSA) is 0 Å². The van der Waals surface area contributed by atoms with Crippen molar-refractivity contribution in [3.05, 3.63) is 0 Å². The molecule has 1 rings (SSSR count). The lowest BCUT2D eigenvalue weighted by molar-refractivity contribution is -0.361. The minimum atomic E-state index is -4.80. The highest BCUT2D eigenvalue weighted by atomic mass is 79.9. The molecular weight excluding hydrogens is 322 g/mol. The quantitative estimate of drug-likeness (QED) is 0.474. The highest BCUT2D eigenvalue weighted by molar-refractivity contribution is 9.11. The Hall–Kier alpha value is 0.540. The van der Waals surface area contributed by atoms with Crippen LogP contribution in [0.2, 0.25) is 0 Å². The molecule has 0 aliphatic heterocycles. The van der Waals surface area contributed by atoms with E-state index < -0.39 is 21.0 Å². The summed E-state index contributed by atoms with van der Waals surface area (Å²) in [6.45, 7) is 0. The fourth-order valence-electron chi connectivity index (χ4n) is 0.726. The van der Waals surface area contributed by atoms with Gasteiger partial charge in [-0.05, 0) is 31.9 Å². The first-order valence-electron chi connectivity index (χ1n) is 2.51. The molecule has 1 saturated carbocycles. The maximum Gasteiger partial charge on any atom is 0.346 e. The Morgan fingerprint density at radius 2 is 0.750 bits per heavy atom. The Bertz CT molecular complexity index is 158. The molecule has 1 aliphatic rings. The molecule has 0 spiro atoms. The molecule has 0 aromatic heterocycles. The van der Waals surface area contributed by atoms with Gasteiger partial charge in [0.1, 0.15) is 0 Å². The van der Waals surface area contributed by atoms with E-state index in [0.29, 0.717) is 0 Å². The van der Waals surface area contributed by atoms with E-state index in [1.807, 2.05) is 0 Å². The molecule has 0 radical (unpaired) electrons. The predicted molar refractivity (Wildman–Crippen MR) is 35.4 cm³/mol. The number of rotatable bonds is 0. The Morgan fingerprint density at radius 1 is 0.583 bits per heavy atom. The molecule has 0 saturated heterocycles. The second-order valence-corrected chi connectivity index (χ2v) is 4.48. The molecule has 0 aromatic carbocycles. The van der Waals surface area contributed by atoms with Crippen molar-refractivity contribution in [2.45, 2.75) is 21.0 Å². The first kappa shape index (κ1) is 10.6. The zero-order chi connectivity index (χ0) is 10.0. The van der Waals surface area contributed by atoms with Crippen LogP contribution in [0.15, 0.2) is 0 Å². The van der Waals surface area contributed by atoms with E-state index in [0.717, 1.165) is 0 Å². The van der Waals surface area contributed by atoms with E-state index in [1.165, 1.54) is 31.9 Å². The summed E-state index contributed by atoms with van der Waals surface area (Å²) in [6, 6.07) is 0. The number of hydrogen-bond donors (Lipinski definition) is 0. The molecule has 0 atom stereocenters. The van der Waals surface area contributed by atoms with Gasteiger partial charge >= 0.3 is 11.8 Å². The standard InChI is InChI=1S/C4Br2F6/c5-1(7)3(9,10)2(6,8)4(1,11)12. The van der Waals surface area contributed by atoms with Crippen LogP contribution < -0.4 is 0 Å². The second-order valence-electron chi connectivity index (χ2n) is 2.30. The van der Waals surface area contributed by atoms with E-state index in [2.05, 4.69) is 0 Å². The van der Waals surface area contributed by atoms with E-state index in [-0.39, 0.29) is 0 Å². The SMILES string of the molecule is FC1(F)C(F)(Br)C(F)(F)C1(F)Br. The third-order valence-electron chi connectivity index (χ3n) is 1.58. The summed E-state index contributed by atoms with van der Waals surface area (Å²) in [5.41, 5.74) is 0. The number of hydrogen-bond acceptors (Lipinski definition) is 0. The average molecular weight is 322 g/mol. The molecule has 0 bridgehead atoms. The van der Waals surface area contributed by atoms with Crippen LogP contribution in [-0.4, -0.2) is 21.0 Å². The maximum atomic E-state index is 12.4. The van der Waals surface area contributed by atoms with Gasteiger partial charge in [0.2, 0.25) is 0 Å². The lowest BCUT2D eigenvalue weighted by atomic mass is 9.84. The summed E-state index contributed by atoms with van der Waals surface area (Å²) in [5, 5.41) is 0. The second kappa shape index (κ2) is 2.13. The molecule has 8 heteroatoms. The van der Waals surface area contributed by atoms with E-state index in [9.17, 15) is 26.3 Å². The van der Waals surface area contributed by atoms with Gasteiger partial charge in [-0.2, -0.15) is 17.6 Å².